The standard InChI is InChI=1S/C17H19NO5/c1-11(20)16-15(10-19)23-14-9-12(21-2)3-4-13(14)17(16)18-5-7-22-8-6-18/h3-4,9-10,15H,5-8H2,1-2H3. The molecule has 1 aromatic rings. The molecule has 6 heteroatoms. The third-order valence-electron chi connectivity index (χ3n) is 4.07. The van der Waals surface area contributed by atoms with Gasteiger partial charge in [-0.25, -0.2) is 0 Å². The lowest BCUT2D eigenvalue weighted by molar-refractivity contribution is -0.118. The predicted octanol–water partition coefficient (Wildman–Crippen LogP) is 1.29. The molecule has 0 bridgehead atoms. The summed E-state index contributed by atoms with van der Waals surface area (Å²) >= 11 is 0. The zero-order chi connectivity index (χ0) is 16.4. The maximum Gasteiger partial charge on any atom is 0.184 e. The summed E-state index contributed by atoms with van der Waals surface area (Å²) in [5, 5.41) is 0. The van der Waals surface area contributed by atoms with E-state index in [0.29, 0.717) is 49.7 Å². The van der Waals surface area contributed by atoms with Crippen LogP contribution in [0.2, 0.25) is 0 Å². The molecule has 2 aliphatic heterocycles. The molecular weight excluding hydrogens is 298 g/mol. The van der Waals surface area contributed by atoms with Crippen molar-refractivity contribution in [2.75, 3.05) is 33.4 Å². The van der Waals surface area contributed by atoms with E-state index in [9.17, 15) is 9.59 Å². The molecule has 122 valence electrons. The number of Topliss-reactive ketones (excluding diaryl/α,β-unsaturated/α-hetero) is 1. The highest BCUT2D eigenvalue weighted by Gasteiger charge is 2.34. The minimum Gasteiger partial charge on any atom is -0.497 e. The first kappa shape index (κ1) is 15.6. The lowest BCUT2D eigenvalue weighted by Crippen LogP contribution is -2.40. The second kappa shape index (κ2) is 6.42. The van der Waals surface area contributed by atoms with Crippen LogP contribution in [0.1, 0.15) is 12.5 Å². The highest BCUT2D eigenvalue weighted by molar-refractivity contribution is 6.06. The largest absolute Gasteiger partial charge is 0.497 e. The van der Waals surface area contributed by atoms with Gasteiger partial charge in [-0.1, -0.05) is 0 Å². The number of hydrogen-bond donors (Lipinski definition) is 0. The van der Waals surface area contributed by atoms with Crippen LogP contribution in [0.25, 0.3) is 5.70 Å². The first-order chi connectivity index (χ1) is 11.2. The van der Waals surface area contributed by atoms with Gasteiger partial charge in [0.1, 0.15) is 11.5 Å². The molecule has 0 saturated carbocycles. The molecule has 0 N–H and O–H groups in total. The van der Waals surface area contributed by atoms with Crippen molar-refractivity contribution in [3.8, 4) is 11.5 Å². The molecule has 23 heavy (non-hydrogen) atoms. The van der Waals surface area contributed by atoms with Gasteiger partial charge in [-0.2, -0.15) is 0 Å². The van der Waals surface area contributed by atoms with E-state index < -0.39 is 6.10 Å². The van der Waals surface area contributed by atoms with E-state index in [1.807, 2.05) is 12.1 Å². The summed E-state index contributed by atoms with van der Waals surface area (Å²) in [6.45, 7) is 3.98. The number of ketones is 1. The Morgan fingerprint density at radius 1 is 1.35 bits per heavy atom. The van der Waals surface area contributed by atoms with Crippen LogP contribution in [0.5, 0.6) is 11.5 Å². The Kier molecular flexibility index (Phi) is 4.34. The van der Waals surface area contributed by atoms with Crippen LogP contribution in [-0.2, 0) is 14.3 Å². The first-order valence-corrected chi connectivity index (χ1v) is 7.54. The minimum absolute atomic E-state index is 0.162. The van der Waals surface area contributed by atoms with Gasteiger partial charge in [-0.15, -0.1) is 0 Å². The van der Waals surface area contributed by atoms with E-state index in [1.165, 1.54) is 6.92 Å². The van der Waals surface area contributed by atoms with E-state index in [0.717, 1.165) is 11.3 Å². The number of hydrogen-bond acceptors (Lipinski definition) is 6. The number of carbonyl (C=O) groups excluding carboxylic acids is 2. The van der Waals surface area contributed by atoms with E-state index >= 15 is 0 Å². The van der Waals surface area contributed by atoms with Gasteiger partial charge in [0, 0.05) is 24.7 Å². The maximum absolute atomic E-state index is 12.2. The average molecular weight is 317 g/mol. The summed E-state index contributed by atoms with van der Waals surface area (Å²) in [5.74, 6) is 1.03. The number of morpholine rings is 1. The third-order valence-corrected chi connectivity index (χ3v) is 4.07. The Morgan fingerprint density at radius 3 is 2.70 bits per heavy atom. The Labute approximate surface area is 134 Å². The molecule has 1 saturated heterocycles. The van der Waals surface area contributed by atoms with Crippen LogP contribution < -0.4 is 9.47 Å². The van der Waals surface area contributed by atoms with Gasteiger partial charge in [0.15, 0.2) is 18.2 Å². The van der Waals surface area contributed by atoms with Gasteiger partial charge in [-0.3, -0.25) is 9.59 Å². The molecule has 0 aliphatic carbocycles. The van der Waals surface area contributed by atoms with Crippen LogP contribution in [0.3, 0.4) is 0 Å². The van der Waals surface area contributed by atoms with Crippen LogP contribution >= 0.6 is 0 Å². The van der Waals surface area contributed by atoms with E-state index in [-0.39, 0.29) is 5.78 Å². The highest BCUT2D eigenvalue weighted by atomic mass is 16.5. The van der Waals surface area contributed by atoms with Crippen molar-refractivity contribution >= 4 is 17.8 Å². The number of methoxy groups -OCH3 is 1. The van der Waals surface area contributed by atoms with Crippen molar-refractivity contribution < 1.29 is 23.8 Å². The van der Waals surface area contributed by atoms with Crippen LogP contribution in [0, 0.1) is 0 Å². The number of benzene rings is 1. The SMILES string of the molecule is COc1ccc2c(c1)OC(C=O)C(C(C)=O)=C2N1CCOCC1. The fraction of sp³-hybridized carbons (Fsp3) is 0.412. The highest BCUT2D eigenvalue weighted by Crippen LogP contribution is 2.40. The van der Waals surface area contributed by atoms with Crippen LogP contribution in [-0.4, -0.2) is 56.5 Å². The Hall–Kier alpha value is -2.34. The van der Waals surface area contributed by atoms with Gasteiger partial charge in [0.05, 0.1) is 31.6 Å². The second-order valence-corrected chi connectivity index (χ2v) is 5.45. The Bertz CT molecular complexity index is 661. The van der Waals surface area contributed by atoms with Crippen molar-refractivity contribution in [3.05, 3.63) is 29.3 Å². The molecule has 3 rings (SSSR count). The number of ether oxygens (including phenoxy) is 3. The Morgan fingerprint density at radius 2 is 2.09 bits per heavy atom. The lowest BCUT2D eigenvalue weighted by atomic mass is 9.94. The minimum atomic E-state index is -0.898. The van der Waals surface area contributed by atoms with Crippen LogP contribution in [0.4, 0.5) is 0 Å². The summed E-state index contributed by atoms with van der Waals surface area (Å²) in [7, 11) is 1.57. The number of carbonyl (C=O) groups is 2. The van der Waals surface area contributed by atoms with Crippen molar-refractivity contribution in [1.29, 1.82) is 0 Å². The molecule has 0 radical (unpaired) electrons. The lowest BCUT2D eigenvalue weighted by Gasteiger charge is -2.37. The zero-order valence-corrected chi connectivity index (χ0v) is 13.2. The second-order valence-electron chi connectivity index (χ2n) is 5.45. The van der Waals surface area contributed by atoms with Gasteiger partial charge in [0.2, 0.25) is 0 Å². The van der Waals surface area contributed by atoms with Crippen molar-refractivity contribution in [2.24, 2.45) is 0 Å². The average Bonchev–Trinajstić information content (AvgIpc) is 2.59. The quantitative estimate of drug-likeness (QED) is 0.780. The fourth-order valence-electron chi connectivity index (χ4n) is 2.99. The number of nitrogens with zero attached hydrogens (tertiary/aromatic N) is 1. The third kappa shape index (κ3) is 2.82. The molecular formula is C17H19NO5. The van der Waals surface area contributed by atoms with E-state index in [4.69, 9.17) is 14.2 Å². The van der Waals surface area contributed by atoms with Crippen molar-refractivity contribution in [2.45, 2.75) is 13.0 Å². The smallest absolute Gasteiger partial charge is 0.184 e. The maximum atomic E-state index is 12.2. The molecule has 2 heterocycles. The van der Waals surface area contributed by atoms with Gasteiger partial charge in [0.25, 0.3) is 0 Å². The van der Waals surface area contributed by atoms with Crippen molar-refractivity contribution in [3.63, 3.8) is 0 Å². The van der Waals surface area contributed by atoms with E-state index in [1.54, 1.807) is 13.2 Å². The summed E-state index contributed by atoms with van der Waals surface area (Å²) < 4.78 is 16.3. The molecule has 0 amide bonds. The number of aldehydes is 1. The summed E-state index contributed by atoms with van der Waals surface area (Å²) in [4.78, 5) is 25.7. The molecule has 1 unspecified atom stereocenters. The van der Waals surface area contributed by atoms with Gasteiger partial charge >= 0.3 is 0 Å². The molecule has 1 atom stereocenters. The normalized spacial score (nSPS) is 20.6. The fourth-order valence-corrected chi connectivity index (χ4v) is 2.99. The number of fused-ring (bicyclic) bond motifs is 1. The molecule has 2 aliphatic rings. The first-order valence-electron chi connectivity index (χ1n) is 7.54. The van der Waals surface area contributed by atoms with Crippen molar-refractivity contribution in [1.82, 2.24) is 4.90 Å². The molecule has 0 spiro atoms. The van der Waals surface area contributed by atoms with Gasteiger partial charge in [-0.05, 0) is 19.1 Å². The Balaban J connectivity index is 2.17. The zero-order valence-electron chi connectivity index (χ0n) is 13.2. The monoisotopic (exact) mass is 317 g/mol. The molecule has 6 nitrogen and oxygen atoms in total. The number of rotatable bonds is 4. The van der Waals surface area contributed by atoms with Crippen LogP contribution in [0.15, 0.2) is 23.8 Å². The van der Waals surface area contributed by atoms with E-state index in [2.05, 4.69) is 4.90 Å². The molecule has 1 fully saturated rings. The van der Waals surface area contributed by atoms with Gasteiger partial charge < -0.3 is 19.1 Å². The molecule has 1 aromatic carbocycles. The summed E-state index contributed by atoms with van der Waals surface area (Å²) in [5.41, 5.74) is 1.97. The topological polar surface area (TPSA) is 65.1 Å². The summed E-state index contributed by atoms with van der Waals surface area (Å²) in [6, 6.07) is 5.42. The summed E-state index contributed by atoms with van der Waals surface area (Å²) in [6.07, 6.45) is -0.232. The molecule has 0 aromatic heterocycles. The predicted molar refractivity (Wildman–Crippen MR) is 83.5 cm³/mol.